The summed E-state index contributed by atoms with van der Waals surface area (Å²) in [5, 5.41) is 27.6. The molecule has 1 heterocycles. The smallest absolute Gasteiger partial charge is 0.414 e. The first-order chi connectivity index (χ1) is 10.5. The van der Waals surface area contributed by atoms with Crippen molar-refractivity contribution in [1.29, 1.82) is 0 Å². The fraction of sp³-hybridized carbons (Fsp3) is 0.467. The highest BCUT2D eigenvalue weighted by Crippen LogP contribution is 2.27. The van der Waals surface area contributed by atoms with Crippen LogP contribution in [0.5, 0.6) is 5.75 Å². The number of aliphatic carboxylic acids is 2. The lowest BCUT2D eigenvalue weighted by molar-refractivity contribution is -0.159. The summed E-state index contributed by atoms with van der Waals surface area (Å²) in [6.07, 6.45) is 3.14. The maximum Gasteiger partial charge on any atom is 0.414 e. The Morgan fingerprint density at radius 1 is 1.09 bits per heavy atom. The maximum absolute atomic E-state index is 9.66. The van der Waals surface area contributed by atoms with Crippen LogP contribution in [0, 0.1) is 0 Å². The summed E-state index contributed by atoms with van der Waals surface area (Å²) in [6, 6.07) is 6.31. The second-order valence-corrected chi connectivity index (χ2v) is 5.28. The summed E-state index contributed by atoms with van der Waals surface area (Å²) >= 11 is 0. The van der Waals surface area contributed by atoms with Gasteiger partial charge in [-0.2, -0.15) is 0 Å². The molecule has 0 unspecified atom stereocenters. The molecule has 3 rings (SSSR count). The van der Waals surface area contributed by atoms with E-state index < -0.39 is 11.9 Å². The lowest BCUT2D eigenvalue weighted by Gasteiger charge is -2.16. The first-order valence-electron chi connectivity index (χ1n) is 7.11. The number of carboxylic acid groups (broad SMARTS) is 2. The van der Waals surface area contributed by atoms with Gasteiger partial charge in [0.1, 0.15) is 18.0 Å². The molecule has 1 saturated heterocycles. The number of rotatable bonds is 2. The van der Waals surface area contributed by atoms with Crippen LogP contribution in [0.1, 0.15) is 17.5 Å². The molecular formula is C15H19NO6. The number of carboxylic acids is 2. The first-order valence-corrected chi connectivity index (χ1v) is 7.11. The highest BCUT2D eigenvalue weighted by Gasteiger charge is 2.26. The average molecular weight is 309 g/mol. The summed E-state index contributed by atoms with van der Waals surface area (Å²) in [6.45, 7) is 1.37. The molecule has 0 spiro atoms. The number of hydrogen-bond donors (Lipinski definition) is 4. The molecule has 0 amide bonds. The Morgan fingerprint density at radius 2 is 1.77 bits per heavy atom. The topological polar surface area (TPSA) is 116 Å². The highest BCUT2D eigenvalue weighted by molar-refractivity contribution is 6.27. The van der Waals surface area contributed by atoms with Crippen LogP contribution in [-0.2, 0) is 22.4 Å². The number of nitrogens with one attached hydrogen (secondary N) is 1. The minimum atomic E-state index is -1.82. The summed E-state index contributed by atoms with van der Waals surface area (Å²) in [5.74, 6) is -2.75. The third kappa shape index (κ3) is 4.19. The van der Waals surface area contributed by atoms with Gasteiger partial charge in [-0.25, -0.2) is 9.59 Å². The van der Waals surface area contributed by atoms with Gasteiger partial charge in [0.05, 0.1) is 0 Å². The Labute approximate surface area is 127 Å². The molecular weight excluding hydrogens is 290 g/mol. The fourth-order valence-electron chi connectivity index (χ4n) is 2.56. The van der Waals surface area contributed by atoms with Crippen LogP contribution in [-0.4, -0.2) is 52.6 Å². The van der Waals surface area contributed by atoms with E-state index in [0.29, 0.717) is 6.54 Å². The molecule has 1 aromatic rings. The minimum absolute atomic E-state index is 0.0977. The fourth-order valence-corrected chi connectivity index (χ4v) is 2.56. The molecule has 0 bridgehead atoms. The SMILES string of the molecule is O=C(O)C(=O)O.O[C@@H]1CNC[C@H]1Oc1ccc2c(c1)CCC2. The molecule has 0 saturated carbocycles. The monoisotopic (exact) mass is 309 g/mol. The van der Waals surface area contributed by atoms with Gasteiger partial charge in [0, 0.05) is 13.1 Å². The van der Waals surface area contributed by atoms with Crippen LogP contribution in [0.3, 0.4) is 0 Å². The van der Waals surface area contributed by atoms with E-state index in [2.05, 4.69) is 17.4 Å². The van der Waals surface area contributed by atoms with Gasteiger partial charge in [0.15, 0.2) is 0 Å². The summed E-state index contributed by atoms with van der Waals surface area (Å²) in [7, 11) is 0. The molecule has 1 fully saturated rings. The number of aryl methyl sites for hydroxylation is 2. The molecule has 22 heavy (non-hydrogen) atoms. The van der Waals surface area contributed by atoms with E-state index in [1.54, 1.807) is 0 Å². The molecule has 0 radical (unpaired) electrons. The van der Waals surface area contributed by atoms with Crippen LogP contribution in [0.2, 0.25) is 0 Å². The molecule has 1 aromatic carbocycles. The number of ether oxygens (including phenoxy) is 1. The van der Waals surface area contributed by atoms with Crippen LogP contribution in [0.25, 0.3) is 0 Å². The quantitative estimate of drug-likeness (QED) is 0.570. The molecule has 7 nitrogen and oxygen atoms in total. The largest absolute Gasteiger partial charge is 0.486 e. The zero-order valence-electron chi connectivity index (χ0n) is 12.0. The molecule has 1 aliphatic carbocycles. The normalized spacial score (nSPS) is 22.4. The summed E-state index contributed by atoms with van der Waals surface area (Å²) in [5.41, 5.74) is 2.87. The van der Waals surface area contributed by atoms with E-state index in [9.17, 15) is 5.11 Å². The third-order valence-electron chi connectivity index (χ3n) is 3.67. The van der Waals surface area contributed by atoms with Crippen molar-refractivity contribution in [1.82, 2.24) is 5.32 Å². The minimum Gasteiger partial charge on any atom is -0.486 e. The second-order valence-electron chi connectivity index (χ2n) is 5.28. The van der Waals surface area contributed by atoms with E-state index >= 15 is 0 Å². The van der Waals surface area contributed by atoms with E-state index in [0.717, 1.165) is 18.7 Å². The van der Waals surface area contributed by atoms with Gasteiger partial charge in [-0.3, -0.25) is 0 Å². The molecule has 1 aliphatic heterocycles. The lowest BCUT2D eigenvalue weighted by Crippen LogP contribution is -2.29. The number of hydrogen-bond acceptors (Lipinski definition) is 5. The Balaban J connectivity index is 0.000000254. The van der Waals surface area contributed by atoms with Gasteiger partial charge < -0.3 is 25.4 Å². The van der Waals surface area contributed by atoms with E-state index in [-0.39, 0.29) is 12.2 Å². The van der Waals surface area contributed by atoms with Crippen LogP contribution < -0.4 is 10.1 Å². The van der Waals surface area contributed by atoms with E-state index in [4.69, 9.17) is 24.5 Å². The van der Waals surface area contributed by atoms with Crippen molar-refractivity contribution in [3.8, 4) is 5.75 Å². The van der Waals surface area contributed by atoms with Crippen molar-refractivity contribution in [3.05, 3.63) is 29.3 Å². The predicted molar refractivity (Wildman–Crippen MR) is 77.0 cm³/mol. The molecule has 2 atom stereocenters. The van der Waals surface area contributed by atoms with E-state index in [1.165, 1.54) is 24.0 Å². The molecule has 2 aliphatic rings. The number of aliphatic hydroxyl groups is 1. The zero-order chi connectivity index (χ0) is 16.1. The predicted octanol–water partition coefficient (Wildman–Crippen LogP) is 0.0424. The van der Waals surface area contributed by atoms with Crippen LogP contribution in [0.4, 0.5) is 0 Å². The Bertz CT molecular complexity index is 547. The van der Waals surface area contributed by atoms with Gasteiger partial charge in [-0.1, -0.05) is 6.07 Å². The van der Waals surface area contributed by atoms with Gasteiger partial charge in [-0.15, -0.1) is 0 Å². The van der Waals surface area contributed by atoms with Crippen molar-refractivity contribution in [2.24, 2.45) is 0 Å². The molecule has 4 N–H and O–H groups in total. The van der Waals surface area contributed by atoms with Gasteiger partial charge in [-0.05, 0) is 42.5 Å². The maximum atomic E-state index is 9.66. The van der Waals surface area contributed by atoms with Crippen molar-refractivity contribution in [2.45, 2.75) is 31.5 Å². The molecule has 7 heteroatoms. The van der Waals surface area contributed by atoms with Crippen molar-refractivity contribution in [3.63, 3.8) is 0 Å². The van der Waals surface area contributed by atoms with Crippen molar-refractivity contribution >= 4 is 11.9 Å². The van der Waals surface area contributed by atoms with Gasteiger partial charge in [0.2, 0.25) is 0 Å². The standard InChI is InChI=1S/C13H17NO2.C2H2O4/c15-12-7-14-8-13(12)16-11-5-4-9-2-1-3-10(9)6-11;3-1(4)2(5)6/h4-6,12-15H,1-3,7-8H2;(H,3,4)(H,5,6)/t12-,13-;/m1./s1. The lowest BCUT2D eigenvalue weighted by atomic mass is 10.1. The number of carbonyl (C=O) groups is 2. The number of fused-ring (bicyclic) bond motifs is 1. The van der Waals surface area contributed by atoms with Gasteiger partial charge in [0.25, 0.3) is 0 Å². The van der Waals surface area contributed by atoms with E-state index in [1.807, 2.05) is 6.07 Å². The van der Waals surface area contributed by atoms with Crippen LogP contribution >= 0.6 is 0 Å². The molecule has 0 aromatic heterocycles. The Hall–Kier alpha value is -2.12. The van der Waals surface area contributed by atoms with Crippen molar-refractivity contribution < 1.29 is 29.6 Å². The van der Waals surface area contributed by atoms with Crippen molar-refractivity contribution in [2.75, 3.05) is 13.1 Å². The average Bonchev–Trinajstić information content (AvgIpc) is 3.08. The third-order valence-corrected chi connectivity index (χ3v) is 3.67. The first kappa shape index (κ1) is 16.3. The van der Waals surface area contributed by atoms with Crippen LogP contribution in [0.15, 0.2) is 18.2 Å². The summed E-state index contributed by atoms with van der Waals surface area (Å²) < 4.78 is 5.80. The zero-order valence-corrected chi connectivity index (χ0v) is 12.0. The number of aliphatic hydroxyl groups excluding tert-OH is 1. The second kappa shape index (κ2) is 7.24. The Morgan fingerprint density at radius 3 is 2.36 bits per heavy atom. The highest BCUT2D eigenvalue weighted by atomic mass is 16.5. The number of benzene rings is 1. The Kier molecular flexibility index (Phi) is 5.35. The van der Waals surface area contributed by atoms with Gasteiger partial charge >= 0.3 is 11.9 Å². The summed E-state index contributed by atoms with van der Waals surface area (Å²) in [4.78, 5) is 18.2. The number of β-amino-alcohol motifs (C(OH)–C–C–N with tert-alkyl or cyclic N) is 1. The molecule has 120 valence electrons.